The number of aryl methyl sites for hydroxylation is 2. The van der Waals surface area contributed by atoms with Gasteiger partial charge >= 0.3 is 0 Å². The fourth-order valence-corrected chi connectivity index (χ4v) is 3.23. The third-order valence-electron chi connectivity index (χ3n) is 4.56. The molecule has 4 aromatic rings. The normalized spacial score (nSPS) is 11.0. The van der Waals surface area contributed by atoms with Crippen molar-refractivity contribution < 1.29 is 4.74 Å². The molecule has 3 nitrogen and oxygen atoms in total. The minimum Gasteiger partial charge on any atom is -0.493 e. The predicted molar refractivity (Wildman–Crippen MR) is 106 cm³/mol. The minimum atomic E-state index is 0.686. The summed E-state index contributed by atoms with van der Waals surface area (Å²) in [4.78, 5) is 4.86. The molecule has 0 bridgehead atoms. The van der Waals surface area contributed by atoms with Crippen molar-refractivity contribution in [3.63, 3.8) is 0 Å². The molecule has 0 atom stereocenters. The van der Waals surface area contributed by atoms with Crippen LogP contribution < -0.4 is 4.74 Å². The summed E-state index contributed by atoms with van der Waals surface area (Å²) in [6.45, 7) is 3.63. The number of para-hydroxylation sites is 3. The zero-order valence-corrected chi connectivity index (χ0v) is 14.9. The first-order chi connectivity index (χ1) is 12.8. The maximum Gasteiger partial charge on any atom is 0.141 e. The van der Waals surface area contributed by atoms with Gasteiger partial charge in [0, 0.05) is 12.1 Å². The zero-order chi connectivity index (χ0) is 17.8. The van der Waals surface area contributed by atoms with Crippen LogP contribution in [0.5, 0.6) is 5.75 Å². The maximum absolute atomic E-state index is 5.96. The first kappa shape index (κ1) is 16.4. The first-order valence-electron chi connectivity index (χ1n) is 9.02. The smallest absolute Gasteiger partial charge is 0.141 e. The van der Waals surface area contributed by atoms with Crippen LogP contribution in [0.1, 0.15) is 12.0 Å². The van der Waals surface area contributed by atoms with Gasteiger partial charge < -0.3 is 9.30 Å². The van der Waals surface area contributed by atoms with E-state index in [9.17, 15) is 0 Å². The highest BCUT2D eigenvalue weighted by Gasteiger charge is 2.11. The van der Waals surface area contributed by atoms with Gasteiger partial charge in [0.05, 0.1) is 17.6 Å². The van der Waals surface area contributed by atoms with Gasteiger partial charge in [0.25, 0.3) is 0 Å². The van der Waals surface area contributed by atoms with Crippen molar-refractivity contribution in [2.45, 2.75) is 19.9 Å². The second-order valence-electron chi connectivity index (χ2n) is 6.41. The van der Waals surface area contributed by atoms with Crippen LogP contribution in [0.4, 0.5) is 0 Å². The number of hydrogen-bond donors (Lipinski definition) is 0. The molecule has 0 radical (unpaired) electrons. The molecule has 0 spiro atoms. The topological polar surface area (TPSA) is 27.1 Å². The molecule has 0 fully saturated rings. The van der Waals surface area contributed by atoms with Crippen LogP contribution in [-0.4, -0.2) is 16.2 Å². The van der Waals surface area contributed by atoms with E-state index in [2.05, 4.69) is 60.0 Å². The van der Waals surface area contributed by atoms with Crippen molar-refractivity contribution in [2.75, 3.05) is 6.61 Å². The van der Waals surface area contributed by atoms with Crippen molar-refractivity contribution in [1.29, 1.82) is 0 Å². The van der Waals surface area contributed by atoms with Crippen molar-refractivity contribution in [1.82, 2.24) is 9.55 Å². The molecule has 0 saturated heterocycles. The van der Waals surface area contributed by atoms with E-state index in [0.717, 1.165) is 35.6 Å². The van der Waals surface area contributed by atoms with Crippen molar-refractivity contribution in [2.24, 2.45) is 0 Å². The SMILES string of the molecule is Cc1ccccc1OCCCn1c(-c2ccccc2)nc2ccccc21. The first-order valence-corrected chi connectivity index (χ1v) is 9.02. The number of ether oxygens (including phenoxy) is 1. The Morgan fingerprint density at radius 2 is 1.58 bits per heavy atom. The maximum atomic E-state index is 5.96. The molecular weight excluding hydrogens is 320 g/mol. The standard InChI is InChI=1S/C23H22N2O/c1-18-10-5-8-15-22(18)26-17-9-16-25-21-14-7-6-13-20(21)24-23(25)19-11-3-2-4-12-19/h2-8,10-15H,9,16-17H2,1H3. The third kappa shape index (κ3) is 3.33. The number of benzene rings is 3. The Balaban J connectivity index is 1.55. The molecule has 0 unspecified atom stereocenters. The Morgan fingerprint density at radius 1 is 0.846 bits per heavy atom. The summed E-state index contributed by atoms with van der Waals surface area (Å²) in [5.74, 6) is 1.98. The van der Waals surface area contributed by atoms with Crippen LogP contribution in [0.3, 0.4) is 0 Å². The monoisotopic (exact) mass is 342 g/mol. The second-order valence-corrected chi connectivity index (χ2v) is 6.41. The Morgan fingerprint density at radius 3 is 2.42 bits per heavy atom. The average Bonchev–Trinajstić information content (AvgIpc) is 3.06. The third-order valence-corrected chi connectivity index (χ3v) is 4.56. The Labute approximate surface area is 153 Å². The highest BCUT2D eigenvalue weighted by atomic mass is 16.5. The molecule has 0 aliphatic heterocycles. The molecule has 0 aliphatic carbocycles. The Bertz CT molecular complexity index is 1010. The lowest BCUT2D eigenvalue weighted by atomic mass is 10.2. The highest BCUT2D eigenvalue weighted by Crippen LogP contribution is 2.25. The number of hydrogen-bond acceptors (Lipinski definition) is 2. The predicted octanol–water partition coefficient (Wildman–Crippen LogP) is 5.48. The van der Waals surface area contributed by atoms with Gasteiger partial charge in [-0.1, -0.05) is 60.7 Å². The fourth-order valence-electron chi connectivity index (χ4n) is 3.23. The van der Waals surface area contributed by atoms with Gasteiger partial charge in [-0.2, -0.15) is 0 Å². The van der Waals surface area contributed by atoms with Gasteiger partial charge in [-0.05, 0) is 37.1 Å². The summed E-state index contributed by atoms with van der Waals surface area (Å²) in [5.41, 5.74) is 4.52. The summed E-state index contributed by atoms with van der Waals surface area (Å²) in [6, 6.07) is 26.8. The van der Waals surface area contributed by atoms with E-state index < -0.39 is 0 Å². The summed E-state index contributed by atoms with van der Waals surface area (Å²) >= 11 is 0. The summed E-state index contributed by atoms with van der Waals surface area (Å²) in [7, 11) is 0. The van der Waals surface area contributed by atoms with Crippen LogP contribution in [0, 0.1) is 6.92 Å². The number of rotatable bonds is 6. The van der Waals surface area contributed by atoms with Crippen LogP contribution in [0.2, 0.25) is 0 Å². The summed E-state index contributed by atoms with van der Waals surface area (Å²) < 4.78 is 8.26. The molecule has 3 aromatic carbocycles. The van der Waals surface area contributed by atoms with Crippen LogP contribution in [0.25, 0.3) is 22.4 Å². The van der Waals surface area contributed by atoms with Crippen molar-refractivity contribution in [3.05, 3.63) is 84.4 Å². The van der Waals surface area contributed by atoms with E-state index in [4.69, 9.17) is 9.72 Å². The largest absolute Gasteiger partial charge is 0.493 e. The number of fused-ring (bicyclic) bond motifs is 1. The van der Waals surface area contributed by atoms with Crippen LogP contribution in [0.15, 0.2) is 78.9 Å². The zero-order valence-electron chi connectivity index (χ0n) is 14.9. The molecule has 26 heavy (non-hydrogen) atoms. The van der Waals surface area contributed by atoms with E-state index in [0.29, 0.717) is 6.61 Å². The molecule has 130 valence electrons. The van der Waals surface area contributed by atoms with Gasteiger partial charge in [-0.25, -0.2) is 4.98 Å². The minimum absolute atomic E-state index is 0.686. The Kier molecular flexibility index (Phi) is 4.69. The summed E-state index contributed by atoms with van der Waals surface area (Å²) in [6.07, 6.45) is 0.925. The fraction of sp³-hybridized carbons (Fsp3) is 0.174. The Hall–Kier alpha value is -3.07. The van der Waals surface area contributed by atoms with Crippen LogP contribution >= 0.6 is 0 Å². The summed E-state index contributed by atoms with van der Waals surface area (Å²) in [5, 5.41) is 0. The molecule has 0 N–H and O–H groups in total. The van der Waals surface area contributed by atoms with E-state index in [1.54, 1.807) is 0 Å². The highest BCUT2D eigenvalue weighted by molar-refractivity contribution is 5.80. The van der Waals surface area contributed by atoms with E-state index in [1.807, 2.05) is 30.3 Å². The number of aromatic nitrogens is 2. The molecule has 1 aromatic heterocycles. The van der Waals surface area contributed by atoms with Gasteiger partial charge in [-0.3, -0.25) is 0 Å². The number of imidazole rings is 1. The van der Waals surface area contributed by atoms with Crippen molar-refractivity contribution >= 4 is 11.0 Å². The molecular formula is C23H22N2O. The van der Waals surface area contributed by atoms with E-state index in [1.165, 1.54) is 11.1 Å². The molecule has 3 heteroatoms. The number of nitrogens with zero attached hydrogens (tertiary/aromatic N) is 2. The lowest BCUT2D eigenvalue weighted by Crippen LogP contribution is -2.06. The average molecular weight is 342 g/mol. The lowest BCUT2D eigenvalue weighted by molar-refractivity contribution is 0.301. The van der Waals surface area contributed by atoms with Gasteiger partial charge in [0.1, 0.15) is 11.6 Å². The van der Waals surface area contributed by atoms with Gasteiger partial charge in [0.15, 0.2) is 0 Å². The van der Waals surface area contributed by atoms with Crippen LogP contribution in [-0.2, 0) is 6.54 Å². The molecule has 1 heterocycles. The van der Waals surface area contributed by atoms with E-state index >= 15 is 0 Å². The molecule has 0 saturated carbocycles. The lowest BCUT2D eigenvalue weighted by Gasteiger charge is -2.11. The van der Waals surface area contributed by atoms with E-state index in [-0.39, 0.29) is 0 Å². The van der Waals surface area contributed by atoms with Gasteiger partial charge in [-0.15, -0.1) is 0 Å². The second kappa shape index (κ2) is 7.44. The quantitative estimate of drug-likeness (QED) is 0.434. The molecule has 0 aliphatic rings. The molecule has 4 rings (SSSR count). The van der Waals surface area contributed by atoms with Gasteiger partial charge in [0.2, 0.25) is 0 Å². The van der Waals surface area contributed by atoms with Crippen molar-refractivity contribution in [3.8, 4) is 17.1 Å². The molecule has 0 amide bonds.